The number of fused-ring (bicyclic) bond motifs is 1. The Balaban J connectivity index is 1.96. The number of rotatable bonds is 6. The van der Waals surface area contributed by atoms with Crippen LogP contribution in [0.5, 0.6) is 0 Å². The van der Waals surface area contributed by atoms with Gasteiger partial charge in [-0.15, -0.1) is 0 Å². The molecule has 2 heterocycles. The van der Waals surface area contributed by atoms with Gasteiger partial charge in [-0.1, -0.05) is 22.9 Å². The van der Waals surface area contributed by atoms with Crippen molar-refractivity contribution >= 4 is 51.0 Å². The number of ether oxygens (including phenoxy) is 1. The van der Waals surface area contributed by atoms with Crippen molar-refractivity contribution in [3.8, 4) is 0 Å². The Bertz CT molecular complexity index is 1060. The molecule has 1 aliphatic rings. The minimum absolute atomic E-state index is 0.104. The summed E-state index contributed by atoms with van der Waals surface area (Å²) in [6.45, 7) is 5.36. The van der Waals surface area contributed by atoms with E-state index in [0.29, 0.717) is 15.7 Å². The number of nitrogens with zero attached hydrogens (tertiary/aromatic N) is 3. The van der Waals surface area contributed by atoms with Gasteiger partial charge in [0.2, 0.25) is 5.91 Å². The fourth-order valence-electron chi connectivity index (χ4n) is 3.48. The number of carbonyl (C=O) groups excluding carboxylic acids is 4. The second kappa shape index (κ2) is 8.39. The maximum absolute atomic E-state index is 13.1. The number of amides is 2. The molecule has 0 fully saturated rings. The van der Waals surface area contributed by atoms with Crippen LogP contribution in [0.1, 0.15) is 46.5 Å². The van der Waals surface area contributed by atoms with Crippen LogP contribution in [0.25, 0.3) is 0 Å². The summed E-state index contributed by atoms with van der Waals surface area (Å²) in [6, 6.07) is 2.41. The van der Waals surface area contributed by atoms with Crippen molar-refractivity contribution in [2.45, 2.75) is 33.2 Å². The number of esters is 1. The topological polar surface area (TPSA) is 111 Å². The van der Waals surface area contributed by atoms with Crippen molar-refractivity contribution in [2.24, 2.45) is 7.05 Å². The highest BCUT2D eigenvalue weighted by atomic mass is 79.9. The van der Waals surface area contributed by atoms with Gasteiger partial charge in [0.05, 0.1) is 24.1 Å². The van der Waals surface area contributed by atoms with Crippen molar-refractivity contribution in [1.82, 2.24) is 9.78 Å². The first kappa shape index (κ1) is 21.7. The molecule has 9 nitrogen and oxygen atoms in total. The number of hydrogen-bond donors (Lipinski definition) is 1. The van der Waals surface area contributed by atoms with Crippen LogP contribution in [0, 0.1) is 6.92 Å². The zero-order chi connectivity index (χ0) is 22.2. The summed E-state index contributed by atoms with van der Waals surface area (Å²) in [6.07, 6.45) is 1.56. The summed E-state index contributed by atoms with van der Waals surface area (Å²) >= 11 is 3.33. The molecule has 1 aromatic heterocycles. The van der Waals surface area contributed by atoms with Crippen LogP contribution >= 0.6 is 15.9 Å². The van der Waals surface area contributed by atoms with Crippen molar-refractivity contribution in [2.75, 3.05) is 16.8 Å². The number of hydrogen-bond acceptors (Lipinski definition) is 6. The van der Waals surface area contributed by atoms with Gasteiger partial charge < -0.3 is 10.1 Å². The van der Waals surface area contributed by atoms with Gasteiger partial charge in [0.15, 0.2) is 0 Å². The second-order valence-electron chi connectivity index (χ2n) is 6.79. The molecule has 158 valence electrons. The lowest BCUT2D eigenvalue weighted by molar-refractivity contribution is -0.121. The molecule has 1 N–H and O–H groups in total. The van der Waals surface area contributed by atoms with Crippen LogP contribution in [0.2, 0.25) is 0 Å². The molecular weight excluding hydrogens is 456 g/mol. The molecule has 0 radical (unpaired) electrons. The third kappa shape index (κ3) is 3.62. The van der Waals surface area contributed by atoms with Crippen LogP contribution in [-0.2, 0) is 21.4 Å². The number of benzene rings is 1. The lowest BCUT2D eigenvalue weighted by Gasteiger charge is -2.27. The molecule has 1 aromatic carbocycles. The molecule has 2 amide bonds. The van der Waals surface area contributed by atoms with E-state index in [4.69, 9.17) is 4.74 Å². The summed E-state index contributed by atoms with van der Waals surface area (Å²) < 4.78 is 7.01. The van der Waals surface area contributed by atoms with E-state index in [1.807, 2.05) is 0 Å². The lowest BCUT2D eigenvalue weighted by Crippen LogP contribution is -2.47. The van der Waals surface area contributed by atoms with Crippen molar-refractivity contribution in [3.05, 3.63) is 39.5 Å². The average molecular weight is 477 g/mol. The van der Waals surface area contributed by atoms with Crippen LogP contribution < -0.4 is 10.2 Å². The number of carbonyl (C=O) groups is 4. The molecule has 0 spiro atoms. The Labute approximate surface area is 181 Å². The highest BCUT2D eigenvalue weighted by molar-refractivity contribution is 9.10. The van der Waals surface area contributed by atoms with E-state index in [1.54, 1.807) is 40.0 Å². The number of ketones is 1. The van der Waals surface area contributed by atoms with E-state index < -0.39 is 29.6 Å². The van der Waals surface area contributed by atoms with E-state index in [-0.39, 0.29) is 30.0 Å². The molecule has 1 atom stereocenters. The monoisotopic (exact) mass is 476 g/mol. The zero-order valence-corrected chi connectivity index (χ0v) is 18.6. The van der Waals surface area contributed by atoms with E-state index >= 15 is 0 Å². The summed E-state index contributed by atoms with van der Waals surface area (Å²) in [5.41, 5.74) is 1.47. The quantitative estimate of drug-likeness (QED) is 0.506. The predicted molar refractivity (Wildman–Crippen MR) is 113 cm³/mol. The van der Waals surface area contributed by atoms with E-state index in [2.05, 4.69) is 26.3 Å². The van der Waals surface area contributed by atoms with Crippen LogP contribution in [0.3, 0.4) is 0 Å². The summed E-state index contributed by atoms with van der Waals surface area (Å²) in [7, 11) is 1.57. The molecule has 0 aliphatic carbocycles. The molecule has 1 aliphatic heterocycles. The van der Waals surface area contributed by atoms with Crippen LogP contribution in [0.4, 0.5) is 11.5 Å². The van der Waals surface area contributed by atoms with Crippen molar-refractivity contribution < 1.29 is 23.9 Å². The molecular formula is C20H21BrN4O5. The van der Waals surface area contributed by atoms with Gasteiger partial charge in [-0.2, -0.15) is 5.10 Å². The van der Waals surface area contributed by atoms with Crippen molar-refractivity contribution in [3.63, 3.8) is 0 Å². The van der Waals surface area contributed by atoms with Gasteiger partial charge in [0.1, 0.15) is 17.4 Å². The summed E-state index contributed by atoms with van der Waals surface area (Å²) in [4.78, 5) is 51.8. The molecule has 0 saturated heterocycles. The fraction of sp³-hybridized carbons (Fsp3) is 0.350. The van der Waals surface area contributed by atoms with Gasteiger partial charge in [-0.3, -0.25) is 24.0 Å². The van der Waals surface area contributed by atoms with Gasteiger partial charge in [0, 0.05) is 11.5 Å². The first-order chi connectivity index (χ1) is 14.2. The first-order valence-corrected chi connectivity index (χ1v) is 10.2. The molecule has 2 aromatic rings. The molecule has 0 bridgehead atoms. The SMILES string of the molecule is CCOC(=O)c1cnn(C)c1NC(=O)C(CC)N1C(=O)C(=O)c2cc(Br)cc(C)c21. The standard InChI is InChI=1S/C20H21BrN4O5/c1-5-14(18(27)23-17-13(9-22-24(17)4)20(29)30-6-2)25-15-10(3)7-11(21)8-12(15)16(26)19(25)28/h7-9,14H,5-6H2,1-4H3,(H,23,27). The van der Waals surface area contributed by atoms with Crippen molar-refractivity contribution in [1.29, 1.82) is 0 Å². The van der Waals surface area contributed by atoms with E-state index in [1.165, 1.54) is 15.8 Å². The Hall–Kier alpha value is -3.01. The fourth-order valence-corrected chi connectivity index (χ4v) is 4.05. The normalized spacial score (nSPS) is 14.0. The second-order valence-corrected chi connectivity index (χ2v) is 7.70. The van der Waals surface area contributed by atoms with Gasteiger partial charge in [-0.05, 0) is 38.0 Å². The summed E-state index contributed by atoms with van der Waals surface area (Å²) in [5.74, 6) is -2.42. The third-order valence-electron chi connectivity index (χ3n) is 4.84. The molecule has 30 heavy (non-hydrogen) atoms. The number of anilines is 2. The molecule has 1 unspecified atom stereocenters. The van der Waals surface area contributed by atoms with Gasteiger partial charge >= 0.3 is 5.97 Å². The smallest absolute Gasteiger partial charge is 0.343 e. The molecule has 10 heteroatoms. The minimum atomic E-state index is -0.951. The summed E-state index contributed by atoms with van der Waals surface area (Å²) in [5, 5.41) is 6.67. The number of aromatic nitrogens is 2. The Kier molecular flexibility index (Phi) is 6.06. The largest absolute Gasteiger partial charge is 0.462 e. The Morgan fingerprint density at radius 3 is 2.60 bits per heavy atom. The number of nitrogens with one attached hydrogen (secondary N) is 1. The maximum atomic E-state index is 13.1. The highest BCUT2D eigenvalue weighted by Crippen LogP contribution is 2.37. The molecule has 0 saturated carbocycles. The third-order valence-corrected chi connectivity index (χ3v) is 5.30. The van der Waals surface area contributed by atoms with Crippen LogP contribution in [0.15, 0.2) is 22.8 Å². The van der Waals surface area contributed by atoms with E-state index in [0.717, 1.165) is 0 Å². The minimum Gasteiger partial charge on any atom is -0.462 e. The Morgan fingerprint density at radius 2 is 1.97 bits per heavy atom. The maximum Gasteiger partial charge on any atom is 0.343 e. The van der Waals surface area contributed by atoms with E-state index in [9.17, 15) is 19.2 Å². The van der Waals surface area contributed by atoms with Gasteiger partial charge in [-0.25, -0.2) is 4.79 Å². The number of Topliss-reactive ketones (excluding diaryl/α,β-unsaturated/α-hetero) is 1. The van der Waals surface area contributed by atoms with Crippen LogP contribution in [-0.4, -0.2) is 46.0 Å². The number of aryl methyl sites for hydroxylation is 2. The average Bonchev–Trinajstić information content (AvgIpc) is 3.16. The molecule has 3 rings (SSSR count). The lowest BCUT2D eigenvalue weighted by atomic mass is 10.1. The predicted octanol–water partition coefficient (Wildman–Crippen LogP) is 2.61. The Morgan fingerprint density at radius 1 is 1.27 bits per heavy atom. The number of halogens is 1. The zero-order valence-electron chi connectivity index (χ0n) is 17.0. The highest BCUT2D eigenvalue weighted by Gasteiger charge is 2.43. The first-order valence-electron chi connectivity index (χ1n) is 9.39. The van der Waals surface area contributed by atoms with Gasteiger partial charge in [0.25, 0.3) is 11.7 Å².